The molecule has 0 spiro atoms. The van der Waals surface area contributed by atoms with Gasteiger partial charge in [-0.1, -0.05) is 44.6 Å². The predicted octanol–water partition coefficient (Wildman–Crippen LogP) is 1.52. The van der Waals surface area contributed by atoms with Gasteiger partial charge >= 0.3 is 0 Å². The van der Waals surface area contributed by atoms with Gasteiger partial charge in [0, 0.05) is 20.2 Å². The molecule has 2 rings (SSSR count). The molecule has 8 nitrogen and oxygen atoms in total. The van der Waals surface area contributed by atoms with E-state index in [1.54, 1.807) is 23.1 Å². The van der Waals surface area contributed by atoms with Crippen LogP contribution in [0.15, 0.2) is 36.4 Å². The molecule has 4 N–H and O–H groups in total. The van der Waals surface area contributed by atoms with Crippen LogP contribution in [-0.4, -0.2) is 76.1 Å². The van der Waals surface area contributed by atoms with Crippen molar-refractivity contribution in [2.45, 2.75) is 76.5 Å². The van der Waals surface area contributed by atoms with E-state index in [0.717, 1.165) is 18.4 Å². The molecule has 1 saturated heterocycles. The molecular weight excluding hydrogens is 443 g/mol. The fourth-order valence-electron chi connectivity index (χ4n) is 3.80. The molecule has 9 heteroatoms. The van der Waals surface area contributed by atoms with E-state index in [4.69, 9.17) is 4.74 Å². The first kappa shape index (κ1) is 27.9. The lowest BCUT2D eigenvalue weighted by molar-refractivity contribution is -0.151. The molecule has 0 aliphatic carbocycles. The van der Waals surface area contributed by atoms with E-state index in [1.807, 2.05) is 13.8 Å². The van der Waals surface area contributed by atoms with E-state index in [-0.39, 0.29) is 24.2 Å². The highest BCUT2D eigenvalue weighted by atomic mass is 19.1. The SMILES string of the molecule is CCC(C)C=C[C@@H](O)[C@H](O)[C@@H](O)[C@@H](OC)C(=O)N[C@H]1CCCCN(Cc2ccc(F)cc2)C1=O. The lowest BCUT2D eigenvalue weighted by Crippen LogP contribution is -2.55. The molecule has 1 aliphatic rings. The fourth-order valence-corrected chi connectivity index (χ4v) is 3.80. The van der Waals surface area contributed by atoms with Crippen LogP contribution in [0.3, 0.4) is 0 Å². The van der Waals surface area contributed by atoms with Gasteiger partial charge in [0.15, 0.2) is 6.10 Å². The standard InChI is InChI=1S/C25H37FN2O6/c1-4-16(2)8-13-20(29)21(30)22(31)23(34-3)24(32)27-19-7-5-6-14-28(25(19)33)15-17-9-11-18(26)12-10-17/h8-13,16,19-23,29-31H,4-7,14-15H2,1-3H3,(H,27,32)/t16?,19-,20+,21-,22+,23+/m0/s1. The molecule has 0 saturated carbocycles. The van der Waals surface area contributed by atoms with Gasteiger partial charge in [0.05, 0.1) is 0 Å². The number of carbonyl (C=O) groups excluding carboxylic acids is 2. The van der Waals surface area contributed by atoms with E-state index in [2.05, 4.69) is 5.32 Å². The summed E-state index contributed by atoms with van der Waals surface area (Å²) in [6, 6.07) is 5.06. The van der Waals surface area contributed by atoms with Gasteiger partial charge < -0.3 is 30.3 Å². The average Bonchev–Trinajstić information content (AvgIpc) is 2.99. The zero-order valence-corrected chi connectivity index (χ0v) is 20.1. The molecule has 2 amide bonds. The van der Waals surface area contributed by atoms with Crippen molar-refractivity contribution in [3.8, 4) is 0 Å². The van der Waals surface area contributed by atoms with Gasteiger partial charge in [-0.05, 0) is 42.9 Å². The zero-order valence-electron chi connectivity index (χ0n) is 20.1. The molecule has 0 aromatic heterocycles. The van der Waals surface area contributed by atoms with Crippen LogP contribution in [0.4, 0.5) is 4.39 Å². The Labute approximate surface area is 200 Å². The highest BCUT2D eigenvalue weighted by Gasteiger charge is 2.37. The van der Waals surface area contributed by atoms with Crippen molar-refractivity contribution >= 4 is 11.8 Å². The number of allylic oxidation sites excluding steroid dienone is 1. The Morgan fingerprint density at radius 2 is 1.88 bits per heavy atom. The number of amides is 2. The number of hydrogen-bond acceptors (Lipinski definition) is 6. The van der Waals surface area contributed by atoms with Crippen LogP contribution in [-0.2, 0) is 20.9 Å². The van der Waals surface area contributed by atoms with Crippen molar-refractivity contribution < 1.29 is 34.0 Å². The molecule has 1 fully saturated rings. The van der Waals surface area contributed by atoms with E-state index in [1.165, 1.54) is 25.3 Å². The molecule has 0 bridgehead atoms. The molecule has 1 aliphatic heterocycles. The second-order valence-corrected chi connectivity index (χ2v) is 8.84. The smallest absolute Gasteiger partial charge is 0.252 e. The number of benzene rings is 1. The maximum absolute atomic E-state index is 13.2. The normalized spacial score (nSPS) is 21.6. The van der Waals surface area contributed by atoms with Crippen molar-refractivity contribution in [2.75, 3.05) is 13.7 Å². The Morgan fingerprint density at radius 3 is 2.50 bits per heavy atom. The number of nitrogens with zero attached hydrogens (tertiary/aromatic N) is 1. The fraction of sp³-hybridized carbons (Fsp3) is 0.600. The minimum atomic E-state index is -1.71. The molecule has 1 heterocycles. The second-order valence-electron chi connectivity index (χ2n) is 8.84. The van der Waals surface area contributed by atoms with Crippen LogP contribution in [0.2, 0.25) is 0 Å². The first-order valence-electron chi connectivity index (χ1n) is 11.8. The summed E-state index contributed by atoms with van der Waals surface area (Å²) in [5.41, 5.74) is 0.773. The average molecular weight is 481 g/mol. The zero-order chi connectivity index (χ0) is 25.3. The Kier molecular flexibility index (Phi) is 11.1. The summed E-state index contributed by atoms with van der Waals surface area (Å²) in [6.45, 7) is 4.72. The molecule has 1 aromatic carbocycles. The number of rotatable bonds is 11. The number of halogens is 1. The molecular formula is C25H37FN2O6. The van der Waals surface area contributed by atoms with E-state index in [0.29, 0.717) is 19.4 Å². The van der Waals surface area contributed by atoms with E-state index in [9.17, 15) is 29.3 Å². The third kappa shape index (κ3) is 7.87. The number of nitrogens with one attached hydrogen (secondary N) is 1. The van der Waals surface area contributed by atoms with Crippen LogP contribution in [0, 0.1) is 11.7 Å². The van der Waals surface area contributed by atoms with Gasteiger partial charge in [0.1, 0.15) is 30.2 Å². The van der Waals surface area contributed by atoms with Crippen molar-refractivity contribution in [2.24, 2.45) is 5.92 Å². The van der Waals surface area contributed by atoms with Crippen LogP contribution >= 0.6 is 0 Å². The maximum Gasteiger partial charge on any atom is 0.252 e. The lowest BCUT2D eigenvalue weighted by atomic mass is 9.99. The minimum absolute atomic E-state index is 0.180. The lowest BCUT2D eigenvalue weighted by Gasteiger charge is -2.29. The van der Waals surface area contributed by atoms with Gasteiger partial charge in [-0.2, -0.15) is 0 Å². The monoisotopic (exact) mass is 480 g/mol. The number of hydrogen-bond donors (Lipinski definition) is 4. The summed E-state index contributed by atoms with van der Waals surface area (Å²) < 4.78 is 18.3. The molecule has 190 valence electrons. The van der Waals surface area contributed by atoms with Crippen LogP contribution in [0.5, 0.6) is 0 Å². The first-order valence-corrected chi connectivity index (χ1v) is 11.8. The Hall–Kier alpha value is -2.33. The Bertz CT molecular complexity index is 818. The highest BCUT2D eigenvalue weighted by Crippen LogP contribution is 2.17. The molecule has 1 unspecified atom stereocenters. The number of aliphatic hydroxyl groups is 3. The van der Waals surface area contributed by atoms with E-state index < -0.39 is 36.4 Å². The van der Waals surface area contributed by atoms with Gasteiger partial charge in [0.25, 0.3) is 5.91 Å². The summed E-state index contributed by atoms with van der Waals surface area (Å²) in [4.78, 5) is 27.6. The summed E-state index contributed by atoms with van der Waals surface area (Å²) in [6.07, 6.45) is -0.408. The largest absolute Gasteiger partial charge is 0.387 e. The van der Waals surface area contributed by atoms with Crippen molar-refractivity contribution in [1.29, 1.82) is 0 Å². The van der Waals surface area contributed by atoms with Crippen molar-refractivity contribution in [3.05, 3.63) is 47.8 Å². The predicted molar refractivity (Wildman–Crippen MR) is 125 cm³/mol. The topological polar surface area (TPSA) is 119 Å². The second kappa shape index (κ2) is 13.5. The quantitative estimate of drug-likeness (QED) is 0.357. The third-order valence-corrected chi connectivity index (χ3v) is 6.19. The summed E-state index contributed by atoms with van der Waals surface area (Å²) in [7, 11) is 1.21. The number of aliphatic hydroxyl groups excluding tert-OH is 3. The summed E-state index contributed by atoms with van der Waals surface area (Å²) >= 11 is 0. The number of methoxy groups -OCH3 is 1. The van der Waals surface area contributed by atoms with Crippen LogP contribution < -0.4 is 5.32 Å². The van der Waals surface area contributed by atoms with Crippen LogP contribution in [0.25, 0.3) is 0 Å². The van der Waals surface area contributed by atoms with Gasteiger partial charge in [-0.3, -0.25) is 9.59 Å². The number of carbonyl (C=O) groups is 2. The Balaban J connectivity index is 2.04. The Morgan fingerprint density at radius 1 is 1.21 bits per heavy atom. The van der Waals surface area contributed by atoms with E-state index >= 15 is 0 Å². The molecule has 1 aromatic rings. The minimum Gasteiger partial charge on any atom is -0.387 e. The first-order chi connectivity index (χ1) is 16.2. The summed E-state index contributed by atoms with van der Waals surface area (Å²) in [5.74, 6) is -1.21. The van der Waals surface area contributed by atoms with Gasteiger partial charge in [-0.15, -0.1) is 0 Å². The third-order valence-electron chi connectivity index (χ3n) is 6.19. The van der Waals surface area contributed by atoms with Gasteiger partial charge in [-0.25, -0.2) is 4.39 Å². The molecule has 6 atom stereocenters. The van der Waals surface area contributed by atoms with Crippen LogP contribution in [0.1, 0.15) is 45.1 Å². The molecule has 0 radical (unpaired) electrons. The molecule has 34 heavy (non-hydrogen) atoms. The number of ether oxygens (including phenoxy) is 1. The van der Waals surface area contributed by atoms with Crippen molar-refractivity contribution in [1.82, 2.24) is 10.2 Å². The highest BCUT2D eigenvalue weighted by molar-refractivity contribution is 5.89. The van der Waals surface area contributed by atoms with Gasteiger partial charge in [0.2, 0.25) is 5.91 Å². The number of likely N-dealkylation sites (tertiary alicyclic amines) is 1. The van der Waals surface area contributed by atoms with Crippen molar-refractivity contribution in [3.63, 3.8) is 0 Å². The maximum atomic E-state index is 13.2. The summed E-state index contributed by atoms with van der Waals surface area (Å²) in [5, 5.41) is 33.7.